The van der Waals surface area contributed by atoms with Crippen molar-refractivity contribution in [1.29, 1.82) is 0 Å². The summed E-state index contributed by atoms with van der Waals surface area (Å²) >= 11 is 0. The predicted molar refractivity (Wildman–Crippen MR) is 89.6 cm³/mol. The number of carbonyl (C=O) groups is 1. The summed E-state index contributed by atoms with van der Waals surface area (Å²) < 4.78 is 6.24. The Kier molecular flexibility index (Phi) is 6.03. The van der Waals surface area contributed by atoms with Crippen molar-refractivity contribution in [3.05, 3.63) is 0 Å². The highest BCUT2D eigenvalue weighted by molar-refractivity contribution is 6.74. The molecule has 5 heteroatoms. The van der Waals surface area contributed by atoms with E-state index in [0.29, 0.717) is 6.54 Å². The third-order valence-corrected chi connectivity index (χ3v) is 8.77. The molecule has 21 heavy (non-hydrogen) atoms. The first-order valence-corrected chi connectivity index (χ1v) is 10.5. The minimum absolute atomic E-state index is 0.110. The van der Waals surface area contributed by atoms with Gasteiger partial charge in [-0.3, -0.25) is 9.69 Å². The quantitative estimate of drug-likeness (QED) is 0.589. The number of nitrogens with zero attached hydrogens (tertiary/aromatic N) is 2. The maximum absolute atomic E-state index is 12.4. The van der Waals surface area contributed by atoms with E-state index < -0.39 is 8.32 Å². The fraction of sp³-hybridized carbons (Fsp3) is 0.812. The number of hydrogen-bond acceptors (Lipinski definition) is 3. The van der Waals surface area contributed by atoms with Gasteiger partial charge in [0, 0.05) is 6.54 Å². The molecule has 0 radical (unpaired) electrons. The van der Waals surface area contributed by atoms with E-state index in [-0.39, 0.29) is 17.0 Å². The summed E-state index contributed by atoms with van der Waals surface area (Å²) in [4.78, 5) is 16.2. The van der Waals surface area contributed by atoms with Crippen LogP contribution in [0.2, 0.25) is 18.1 Å². The number of carbonyl (C=O) groups excluding carboxylic acids is 1. The number of amides is 1. The van der Waals surface area contributed by atoms with Crippen LogP contribution in [0.1, 0.15) is 27.2 Å². The minimum atomic E-state index is -1.88. The van der Waals surface area contributed by atoms with Gasteiger partial charge in [0.15, 0.2) is 8.32 Å². The first-order chi connectivity index (χ1) is 9.54. The molecule has 0 bridgehead atoms. The topological polar surface area (TPSA) is 32.8 Å². The summed E-state index contributed by atoms with van der Waals surface area (Å²) in [7, 11) is 2.09. The summed E-state index contributed by atoms with van der Waals surface area (Å²) in [6.45, 7) is 13.0. The molecule has 1 saturated heterocycles. The van der Waals surface area contributed by atoms with E-state index in [1.807, 2.05) is 23.9 Å². The Labute approximate surface area is 131 Å². The van der Waals surface area contributed by atoms with Crippen LogP contribution in [0.15, 0.2) is 0 Å². The van der Waals surface area contributed by atoms with E-state index in [0.717, 1.165) is 19.5 Å². The molecule has 1 fully saturated rings. The van der Waals surface area contributed by atoms with Crippen molar-refractivity contribution in [2.75, 3.05) is 33.7 Å². The first-order valence-electron chi connectivity index (χ1n) is 7.61. The van der Waals surface area contributed by atoms with Crippen molar-refractivity contribution < 1.29 is 9.22 Å². The summed E-state index contributed by atoms with van der Waals surface area (Å²) in [5.41, 5.74) is 0. The van der Waals surface area contributed by atoms with Gasteiger partial charge in [-0.1, -0.05) is 32.6 Å². The Morgan fingerprint density at radius 1 is 1.33 bits per heavy atom. The zero-order valence-corrected chi connectivity index (χ0v) is 15.6. The second kappa shape index (κ2) is 6.95. The van der Waals surface area contributed by atoms with Gasteiger partial charge in [0.05, 0.1) is 13.1 Å². The van der Waals surface area contributed by atoms with Crippen molar-refractivity contribution in [2.24, 2.45) is 0 Å². The van der Waals surface area contributed by atoms with Crippen molar-refractivity contribution in [3.8, 4) is 11.8 Å². The van der Waals surface area contributed by atoms with Crippen molar-refractivity contribution in [2.45, 2.75) is 51.4 Å². The lowest BCUT2D eigenvalue weighted by Crippen LogP contribution is -2.46. The summed E-state index contributed by atoms with van der Waals surface area (Å²) in [5.74, 6) is 6.25. The van der Waals surface area contributed by atoms with Crippen LogP contribution in [-0.4, -0.2) is 63.9 Å². The lowest BCUT2D eigenvalue weighted by Gasteiger charge is -2.37. The second-order valence-corrected chi connectivity index (χ2v) is 12.3. The smallest absolute Gasteiger partial charge is 0.251 e. The van der Waals surface area contributed by atoms with Gasteiger partial charge in [0.25, 0.3) is 5.91 Å². The van der Waals surface area contributed by atoms with E-state index >= 15 is 0 Å². The normalized spacial score (nSPS) is 19.9. The molecule has 0 aliphatic carbocycles. The number of rotatable bonds is 4. The van der Waals surface area contributed by atoms with Crippen LogP contribution >= 0.6 is 0 Å². The van der Waals surface area contributed by atoms with Crippen LogP contribution in [-0.2, 0) is 9.22 Å². The monoisotopic (exact) mass is 310 g/mol. The van der Waals surface area contributed by atoms with Crippen LogP contribution in [0.25, 0.3) is 0 Å². The molecule has 0 N–H and O–H groups in total. The molecule has 120 valence electrons. The maximum Gasteiger partial charge on any atom is 0.251 e. The third-order valence-electron chi connectivity index (χ3n) is 4.28. The van der Waals surface area contributed by atoms with E-state index in [1.165, 1.54) is 0 Å². The molecule has 4 nitrogen and oxygen atoms in total. The fourth-order valence-corrected chi connectivity index (χ4v) is 3.16. The predicted octanol–water partition coefficient (Wildman–Crippen LogP) is 2.17. The standard InChI is InChI=1S/C16H30N2O2Si/c1-16(2,3)21(6,7)20-14-10-13-18(15(14)19)12-9-8-11-17(4)5/h14H,10-13H2,1-7H3/t14-/m1/s1. The number of hydrogen-bond donors (Lipinski definition) is 0. The van der Waals surface area contributed by atoms with Crippen LogP contribution in [0, 0.1) is 11.8 Å². The molecule has 0 saturated carbocycles. The fourth-order valence-electron chi connectivity index (χ4n) is 1.87. The molecule has 1 aliphatic rings. The molecule has 0 aromatic heterocycles. The van der Waals surface area contributed by atoms with Crippen molar-refractivity contribution >= 4 is 14.2 Å². The lowest BCUT2D eigenvalue weighted by atomic mass is 10.2. The average Bonchev–Trinajstić information content (AvgIpc) is 2.65. The lowest BCUT2D eigenvalue weighted by molar-refractivity contribution is -0.133. The summed E-state index contributed by atoms with van der Waals surface area (Å²) in [6.07, 6.45) is 0.530. The van der Waals surface area contributed by atoms with Crippen LogP contribution in [0.5, 0.6) is 0 Å². The maximum atomic E-state index is 12.4. The molecular formula is C16H30N2O2Si. The largest absolute Gasteiger partial charge is 0.405 e. The number of likely N-dealkylation sites (tertiary alicyclic amines) is 1. The summed E-state index contributed by atoms with van der Waals surface area (Å²) in [5, 5.41) is 0.131. The third kappa shape index (κ3) is 5.13. The Morgan fingerprint density at radius 2 is 1.95 bits per heavy atom. The SMILES string of the molecule is CN(C)CC#CCN1CC[C@@H](O[Si](C)(C)C(C)(C)C)C1=O. The highest BCUT2D eigenvalue weighted by Crippen LogP contribution is 2.38. The van der Waals surface area contributed by atoms with E-state index in [4.69, 9.17) is 4.43 Å². The molecule has 0 unspecified atom stereocenters. The molecule has 1 rings (SSSR count). The molecular weight excluding hydrogens is 280 g/mol. The minimum Gasteiger partial charge on any atom is -0.405 e. The van der Waals surface area contributed by atoms with E-state index in [2.05, 4.69) is 45.7 Å². The average molecular weight is 311 g/mol. The van der Waals surface area contributed by atoms with Gasteiger partial charge in [-0.25, -0.2) is 0 Å². The van der Waals surface area contributed by atoms with Crippen molar-refractivity contribution in [1.82, 2.24) is 9.80 Å². The molecule has 0 aromatic rings. The van der Waals surface area contributed by atoms with Crippen LogP contribution in [0.4, 0.5) is 0 Å². The Bertz CT molecular complexity index is 430. The molecule has 1 aliphatic heterocycles. The molecule has 1 amide bonds. The molecule has 0 spiro atoms. The highest BCUT2D eigenvalue weighted by atomic mass is 28.4. The van der Waals surface area contributed by atoms with Crippen molar-refractivity contribution in [3.63, 3.8) is 0 Å². The summed E-state index contributed by atoms with van der Waals surface area (Å²) in [6, 6.07) is 0. The van der Waals surface area contributed by atoms with Crippen LogP contribution < -0.4 is 0 Å². The Balaban J connectivity index is 2.55. The molecule has 1 atom stereocenters. The van der Waals surface area contributed by atoms with Crippen LogP contribution in [0.3, 0.4) is 0 Å². The van der Waals surface area contributed by atoms with E-state index in [1.54, 1.807) is 0 Å². The van der Waals surface area contributed by atoms with Gasteiger partial charge in [-0.05, 0) is 38.6 Å². The van der Waals surface area contributed by atoms with Gasteiger partial charge < -0.3 is 9.33 Å². The van der Waals surface area contributed by atoms with Gasteiger partial charge in [0.2, 0.25) is 0 Å². The zero-order valence-electron chi connectivity index (χ0n) is 14.6. The van der Waals surface area contributed by atoms with Gasteiger partial charge >= 0.3 is 0 Å². The Hall–Kier alpha value is -0.833. The second-order valence-electron chi connectivity index (χ2n) is 7.51. The molecule has 1 heterocycles. The molecule has 0 aromatic carbocycles. The Morgan fingerprint density at radius 3 is 2.48 bits per heavy atom. The van der Waals surface area contributed by atoms with E-state index in [9.17, 15) is 4.79 Å². The first kappa shape index (κ1) is 18.2. The highest BCUT2D eigenvalue weighted by Gasteiger charge is 2.43. The van der Waals surface area contributed by atoms with Gasteiger partial charge in [0.1, 0.15) is 6.10 Å². The van der Waals surface area contributed by atoms with Gasteiger partial charge in [-0.2, -0.15) is 0 Å². The zero-order chi connectivity index (χ0) is 16.3. The van der Waals surface area contributed by atoms with Gasteiger partial charge in [-0.15, -0.1) is 0 Å².